The minimum Gasteiger partial charge on any atom is -0.389 e. The Hall–Kier alpha value is -1.42. The second kappa shape index (κ2) is 5.52. The van der Waals surface area contributed by atoms with Gasteiger partial charge in [0.25, 0.3) is 0 Å². The third-order valence-electron chi connectivity index (χ3n) is 4.42. The first kappa shape index (κ1) is 13.6. The molecule has 1 N–H and O–H groups in total. The van der Waals surface area contributed by atoms with Gasteiger partial charge >= 0.3 is 0 Å². The number of nitrogens with zero attached hydrogens (tertiary/aromatic N) is 2. The maximum Gasteiger partial charge on any atom is 0.226 e. The predicted octanol–water partition coefficient (Wildman–Crippen LogP) is 2.27. The zero-order chi connectivity index (χ0) is 14.0. The fraction of sp³-hybridized carbons (Fsp3) is 0.625. The van der Waals surface area contributed by atoms with Gasteiger partial charge in [-0.1, -0.05) is 12.8 Å². The maximum atomic E-state index is 12.5. The molecule has 1 amide bonds. The van der Waals surface area contributed by atoms with Gasteiger partial charge in [-0.15, -0.1) is 0 Å². The fourth-order valence-corrected chi connectivity index (χ4v) is 3.08. The number of pyridine rings is 1. The van der Waals surface area contributed by atoms with E-state index in [1.807, 2.05) is 17.0 Å². The number of carbonyl (C=O) groups is 1. The quantitative estimate of drug-likeness (QED) is 0.896. The van der Waals surface area contributed by atoms with Crippen LogP contribution in [0.5, 0.6) is 0 Å². The molecule has 4 nitrogen and oxygen atoms in total. The van der Waals surface area contributed by atoms with Crippen molar-refractivity contribution in [2.24, 2.45) is 0 Å². The third-order valence-corrected chi connectivity index (χ3v) is 4.42. The van der Waals surface area contributed by atoms with E-state index in [1.54, 1.807) is 12.4 Å². The topological polar surface area (TPSA) is 53.4 Å². The molecule has 2 saturated carbocycles. The Morgan fingerprint density at radius 1 is 1.30 bits per heavy atom. The lowest BCUT2D eigenvalue weighted by atomic mass is 9.97. The molecule has 1 aromatic rings. The van der Waals surface area contributed by atoms with E-state index in [2.05, 4.69) is 4.98 Å². The largest absolute Gasteiger partial charge is 0.389 e. The summed E-state index contributed by atoms with van der Waals surface area (Å²) in [5.41, 5.74) is 0.362. The zero-order valence-corrected chi connectivity index (χ0v) is 11.8. The van der Waals surface area contributed by atoms with Gasteiger partial charge in [-0.2, -0.15) is 0 Å². The van der Waals surface area contributed by atoms with Gasteiger partial charge < -0.3 is 10.0 Å². The van der Waals surface area contributed by atoms with Gasteiger partial charge in [-0.25, -0.2) is 0 Å². The monoisotopic (exact) mass is 274 g/mol. The first-order valence-corrected chi connectivity index (χ1v) is 7.57. The zero-order valence-electron chi connectivity index (χ0n) is 11.8. The van der Waals surface area contributed by atoms with Crippen LogP contribution in [0.3, 0.4) is 0 Å². The van der Waals surface area contributed by atoms with Crippen molar-refractivity contribution in [3.8, 4) is 0 Å². The molecule has 0 radical (unpaired) electrons. The molecular formula is C16H22N2O2. The number of carbonyl (C=O) groups excluding carboxylic acids is 1. The highest BCUT2D eigenvalue weighted by Gasteiger charge is 2.38. The number of aromatic nitrogens is 1. The first-order valence-electron chi connectivity index (χ1n) is 7.57. The number of hydrogen-bond acceptors (Lipinski definition) is 3. The molecule has 4 heteroatoms. The molecule has 0 unspecified atom stereocenters. The van der Waals surface area contributed by atoms with Gasteiger partial charge in [0.1, 0.15) is 0 Å². The Balaban J connectivity index is 1.66. The number of amides is 1. The lowest BCUT2D eigenvalue weighted by molar-refractivity contribution is -0.137. The second-order valence-electron chi connectivity index (χ2n) is 6.22. The highest BCUT2D eigenvalue weighted by atomic mass is 16.3. The standard InChI is InChI=1S/C16H22N2O2/c19-15(11-16(20)7-1-2-8-16)18(14-3-4-14)12-13-5-9-17-10-6-13/h5-6,9-10,14,20H,1-4,7-8,11-12H2. The summed E-state index contributed by atoms with van der Waals surface area (Å²) in [6.45, 7) is 0.641. The summed E-state index contributed by atoms with van der Waals surface area (Å²) in [5, 5.41) is 10.4. The summed E-state index contributed by atoms with van der Waals surface area (Å²) in [5.74, 6) is 0.105. The number of rotatable bonds is 5. The summed E-state index contributed by atoms with van der Waals surface area (Å²) in [7, 11) is 0. The van der Waals surface area contributed by atoms with E-state index in [4.69, 9.17) is 0 Å². The van der Waals surface area contributed by atoms with E-state index in [0.717, 1.165) is 44.1 Å². The Morgan fingerprint density at radius 2 is 1.95 bits per heavy atom. The molecule has 0 saturated heterocycles. The molecule has 0 aliphatic heterocycles. The SMILES string of the molecule is O=C(CC1(O)CCCC1)N(Cc1ccncc1)C1CC1. The molecule has 3 rings (SSSR count). The van der Waals surface area contributed by atoms with E-state index >= 15 is 0 Å². The number of aliphatic hydroxyl groups is 1. The van der Waals surface area contributed by atoms with Crippen molar-refractivity contribution in [2.75, 3.05) is 0 Å². The molecule has 20 heavy (non-hydrogen) atoms. The molecule has 0 spiro atoms. The van der Waals surface area contributed by atoms with Crippen molar-refractivity contribution in [1.29, 1.82) is 0 Å². The molecule has 1 aromatic heterocycles. The van der Waals surface area contributed by atoms with Crippen LogP contribution in [-0.4, -0.2) is 32.5 Å². The predicted molar refractivity (Wildman–Crippen MR) is 75.8 cm³/mol. The molecule has 0 bridgehead atoms. The molecular weight excluding hydrogens is 252 g/mol. The van der Waals surface area contributed by atoms with Crippen LogP contribution >= 0.6 is 0 Å². The Bertz CT molecular complexity index is 465. The van der Waals surface area contributed by atoms with Crippen LogP contribution in [0.25, 0.3) is 0 Å². The second-order valence-corrected chi connectivity index (χ2v) is 6.22. The van der Waals surface area contributed by atoms with Crippen LogP contribution in [0, 0.1) is 0 Å². The van der Waals surface area contributed by atoms with Gasteiger partial charge in [0, 0.05) is 25.0 Å². The first-order chi connectivity index (χ1) is 9.66. The third kappa shape index (κ3) is 3.18. The van der Waals surface area contributed by atoms with Crippen LogP contribution in [0.4, 0.5) is 0 Å². The summed E-state index contributed by atoms with van der Waals surface area (Å²) in [6, 6.07) is 4.28. The Labute approximate surface area is 119 Å². The van der Waals surface area contributed by atoms with Crippen LogP contribution in [0.15, 0.2) is 24.5 Å². The van der Waals surface area contributed by atoms with E-state index < -0.39 is 5.60 Å². The molecule has 108 valence electrons. The van der Waals surface area contributed by atoms with Gasteiger partial charge in [0.05, 0.1) is 12.0 Å². The summed E-state index contributed by atoms with van der Waals surface area (Å²) >= 11 is 0. The maximum absolute atomic E-state index is 12.5. The molecule has 1 heterocycles. The van der Waals surface area contributed by atoms with Crippen molar-refractivity contribution < 1.29 is 9.90 Å². The van der Waals surface area contributed by atoms with Crippen LogP contribution in [0.1, 0.15) is 50.5 Å². The van der Waals surface area contributed by atoms with E-state index in [-0.39, 0.29) is 12.3 Å². The summed E-state index contributed by atoms with van der Waals surface area (Å²) in [4.78, 5) is 18.5. The average Bonchev–Trinajstić information content (AvgIpc) is 3.19. The summed E-state index contributed by atoms with van der Waals surface area (Å²) < 4.78 is 0. The van der Waals surface area contributed by atoms with Crippen molar-refractivity contribution in [3.05, 3.63) is 30.1 Å². The van der Waals surface area contributed by atoms with Crippen molar-refractivity contribution >= 4 is 5.91 Å². The van der Waals surface area contributed by atoms with Crippen LogP contribution in [-0.2, 0) is 11.3 Å². The Morgan fingerprint density at radius 3 is 2.55 bits per heavy atom. The molecule has 2 fully saturated rings. The van der Waals surface area contributed by atoms with Gasteiger partial charge in [0.15, 0.2) is 0 Å². The van der Waals surface area contributed by atoms with Crippen LogP contribution < -0.4 is 0 Å². The number of hydrogen-bond donors (Lipinski definition) is 1. The van der Waals surface area contributed by atoms with Crippen molar-refractivity contribution in [2.45, 2.75) is 63.1 Å². The van der Waals surface area contributed by atoms with E-state index in [1.165, 1.54) is 0 Å². The van der Waals surface area contributed by atoms with E-state index in [9.17, 15) is 9.90 Å². The van der Waals surface area contributed by atoms with E-state index in [0.29, 0.717) is 12.6 Å². The molecule has 0 aromatic carbocycles. The van der Waals surface area contributed by atoms with Gasteiger partial charge in [0.2, 0.25) is 5.91 Å². The molecule has 2 aliphatic rings. The normalized spacial score (nSPS) is 20.9. The van der Waals surface area contributed by atoms with Crippen molar-refractivity contribution in [1.82, 2.24) is 9.88 Å². The lowest BCUT2D eigenvalue weighted by Crippen LogP contribution is -2.38. The minimum atomic E-state index is -0.748. The van der Waals surface area contributed by atoms with Crippen molar-refractivity contribution in [3.63, 3.8) is 0 Å². The van der Waals surface area contributed by atoms with Gasteiger partial charge in [-0.3, -0.25) is 9.78 Å². The molecule has 2 aliphatic carbocycles. The Kier molecular flexibility index (Phi) is 3.74. The average molecular weight is 274 g/mol. The highest BCUT2D eigenvalue weighted by Crippen LogP contribution is 2.35. The lowest BCUT2D eigenvalue weighted by Gasteiger charge is -2.28. The van der Waals surface area contributed by atoms with Gasteiger partial charge in [-0.05, 0) is 43.4 Å². The summed E-state index contributed by atoms with van der Waals surface area (Å²) in [6.07, 6.45) is 9.61. The smallest absolute Gasteiger partial charge is 0.226 e. The minimum absolute atomic E-state index is 0.105. The molecule has 0 atom stereocenters. The fourth-order valence-electron chi connectivity index (χ4n) is 3.08. The highest BCUT2D eigenvalue weighted by molar-refractivity contribution is 5.78. The van der Waals surface area contributed by atoms with Crippen LogP contribution in [0.2, 0.25) is 0 Å².